The second kappa shape index (κ2) is 9.51. The van der Waals surface area contributed by atoms with Crippen molar-refractivity contribution in [2.24, 2.45) is 5.10 Å². The van der Waals surface area contributed by atoms with Gasteiger partial charge in [-0.3, -0.25) is 5.43 Å². The van der Waals surface area contributed by atoms with E-state index in [4.69, 9.17) is 9.47 Å². The number of nitrogens with zero attached hydrogens (tertiary/aromatic N) is 1. The number of methoxy groups -OCH3 is 1. The molecule has 0 saturated carbocycles. The lowest BCUT2D eigenvalue weighted by Gasteiger charge is -2.05. The summed E-state index contributed by atoms with van der Waals surface area (Å²) < 4.78 is 10.8. The van der Waals surface area contributed by atoms with E-state index in [0.717, 1.165) is 35.8 Å². The van der Waals surface area contributed by atoms with E-state index in [1.54, 1.807) is 13.3 Å². The zero-order valence-electron chi connectivity index (χ0n) is 13.8. The molecule has 2 aromatic carbocycles. The molecule has 4 heteroatoms. The predicted molar refractivity (Wildman–Crippen MR) is 95.7 cm³/mol. The maximum Gasteiger partial charge on any atom is 0.119 e. The van der Waals surface area contributed by atoms with Crippen LogP contribution in [0.15, 0.2) is 53.6 Å². The van der Waals surface area contributed by atoms with E-state index in [1.165, 1.54) is 12.8 Å². The number of hydrogen-bond acceptors (Lipinski definition) is 4. The SMILES string of the molecule is CCCCCOc1ccc(/C=N/Nc2ccc(OC)cc2)cc1. The summed E-state index contributed by atoms with van der Waals surface area (Å²) in [6.45, 7) is 2.97. The van der Waals surface area contributed by atoms with Crippen LogP contribution in [0.3, 0.4) is 0 Å². The van der Waals surface area contributed by atoms with E-state index in [0.29, 0.717) is 0 Å². The minimum absolute atomic E-state index is 0.778. The molecule has 0 aliphatic rings. The van der Waals surface area contributed by atoms with Crippen molar-refractivity contribution in [3.05, 3.63) is 54.1 Å². The maximum absolute atomic E-state index is 5.69. The maximum atomic E-state index is 5.69. The summed E-state index contributed by atoms with van der Waals surface area (Å²) in [6, 6.07) is 15.6. The van der Waals surface area contributed by atoms with Crippen molar-refractivity contribution in [1.82, 2.24) is 0 Å². The fraction of sp³-hybridized carbons (Fsp3) is 0.316. The van der Waals surface area contributed by atoms with Crippen molar-refractivity contribution in [3.8, 4) is 11.5 Å². The molecule has 0 aromatic heterocycles. The Bertz CT molecular complexity index is 592. The normalized spacial score (nSPS) is 10.7. The van der Waals surface area contributed by atoms with Crippen molar-refractivity contribution in [2.45, 2.75) is 26.2 Å². The molecular weight excluding hydrogens is 288 g/mol. The smallest absolute Gasteiger partial charge is 0.119 e. The zero-order valence-corrected chi connectivity index (χ0v) is 13.8. The van der Waals surface area contributed by atoms with Gasteiger partial charge in [0.15, 0.2) is 0 Å². The van der Waals surface area contributed by atoms with Gasteiger partial charge >= 0.3 is 0 Å². The molecule has 2 aromatic rings. The van der Waals surface area contributed by atoms with Crippen LogP contribution in [0.5, 0.6) is 11.5 Å². The van der Waals surface area contributed by atoms with Crippen molar-refractivity contribution in [3.63, 3.8) is 0 Å². The lowest BCUT2D eigenvalue weighted by atomic mass is 10.2. The number of benzene rings is 2. The van der Waals surface area contributed by atoms with E-state index in [9.17, 15) is 0 Å². The standard InChI is InChI=1S/C19H24N2O2/c1-3-4-5-14-23-19-10-6-16(7-11-19)15-20-21-17-8-12-18(22-2)13-9-17/h6-13,15,21H,3-5,14H2,1-2H3/b20-15+. The molecule has 23 heavy (non-hydrogen) atoms. The Morgan fingerprint density at radius 2 is 1.65 bits per heavy atom. The molecule has 122 valence electrons. The zero-order chi connectivity index (χ0) is 16.3. The quantitative estimate of drug-likeness (QED) is 0.414. The molecule has 0 amide bonds. The van der Waals surface area contributed by atoms with Gasteiger partial charge in [0.2, 0.25) is 0 Å². The van der Waals surface area contributed by atoms with Crippen molar-refractivity contribution in [1.29, 1.82) is 0 Å². The third-order valence-corrected chi connectivity index (χ3v) is 3.39. The van der Waals surface area contributed by atoms with Gasteiger partial charge in [-0.25, -0.2) is 0 Å². The number of unbranched alkanes of at least 4 members (excludes halogenated alkanes) is 2. The minimum atomic E-state index is 0.778. The number of nitrogens with one attached hydrogen (secondary N) is 1. The van der Waals surface area contributed by atoms with Gasteiger partial charge in [0, 0.05) is 0 Å². The van der Waals surface area contributed by atoms with Gasteiger partial charge in [-0.2, -0.15) is 5.10 Å². The van der Waals surface area contributed by atoms with Gasteiger partial charge in [0.05, 0.1) is 25.6 Å². The molecular formula is C19H24N2O2. The van der Waals surface area contributed by atoms with E-state index < -0.39 is 0 Å². The Balaban J connectivity index is 1.80. The second-order valence-corrected chi connectivity index (χ2v) is 5.22. The van der Waals surface area contributed by atoms with Gasteiger partial charge in [-0.1, -0.05) is 19.8 Å². The Hall–Kier alpha value is -2.49. The number of ether oxygens (including phenoxy) is 2. The van der Waals surface area contributed by atoms with Crippen molar-refractivity contribution < 1.29 is 9.47 Å². The summed E-state index contributed by atoms with van der Waals surface area (Å²) in [4.78, 5) is 0. The van der Waals surface area contributed by atoms with Gasteiger partial charge in [0.1, 0.15) is 11.5 Å². The summed E-state index contributed by atoms with van der Waals surface area (Å²) >= 11 is 0. The Kier molecular flexibility index (Phi) is 6.98. The van der Waals surface area contributed by atoms with Gasteiger partial charge in [-0.15, -0.1) is 0 Å². The summed E-state index contributed by atoms with van der Waals surface area (Å²) in [6.07, 6.45) is 5.30. The van der Waals surface area contributed by atoms with Crippen LogP contribution in [0.1, 0.15) is 31.7 Å². The van der Waals surface area contributed by atoms with Crippen LogP contribution >= 0.6 is 0 Å². The van der Waals surface area contributed by atoms with Crippen LogP contribution in [-0.4, -0.2) is 19.9 Å². The summed E-state index contributed by atoms with van der Waals surface area (Å²) in [5.41, 5.74) is 4.93. The molecule has 0 spiro atoms. The summed E-state index contributed by atoms with van der Waals surface area (Å²) in [5.74, 6) is 1.73. The average Bonchev–Trinajstić information content (AvgIpc) is 2.60. The number of hydrazone groups is 1. The van der Waals surface area contributed by atoms with Crippen LogP contribution in [0.4, 0.5) is 5.69 Å². The summed E-state index contributed by atoms with van der Waals surface area (Å²) in [5, 5.41) is 4.23. The number of hydrogen-bond donors (Lipinski definition) is 1. The lowest BCUT2D eigenvalue weighted by Crippen LogP contribution is -1.97. The Morgan fingerprint density at radius 1 is 0.957 bits per heavy atom. The highest BCUT2D eigenvalue weighted by atomic mass is 16.5. The minimum Gasteiger partial charge on any atom is -0.497 e. The van der Waals surface area contributed by atoms with E-state index in [1.807, 2.05) is 48.5 Å². The third-order valence-electron chi connectivity index (χ3n) is 3.39. The first-order chi connectivity index (χ1) is 11.3. The van der Waals surface area contributed by atoms with E-state index >= 15 is 0 Å². The first-order valence-electron chi connectivity index (χ1n) is 7.98. The molecule has 2 rings (SSSR count). The predicted octanol–water partition coefficient (Wildman–Crippen LogP) is 4.71. The fourth-order valence-corrected chi connectivity index (χ4v) is 2.04. The van der Waals surface area contributed by atoms with Gasteiger partial charge in [0.25, 0.3) is 0 Å². The first kappa shape index (κ1) is 16.9. The molecule has 0 bridgehead atoms. The first-order valence-corrected chi connectivity index (χ1v) is 7.98. The van der Waals surface area contributed by atoms with Crippen LogP contribution in [0.2, 0.25) is 0 Å². The largest absolute Gasteiger partial charge is 0.497 e. The highest BCUT2D eigenvalue weighted by Gasteiger charge is 1.95. The molecule has 4 nitrogen and oxygen atoms in total. The highest BCUT2D eigenvalue weighted by Crippen LogP contribution is 2.15. The Labute approximate surface area is 138 Å². The van der Waals surface area contributed by atoms with Crippen LogP contribution in [-0.2, 0) is 0 Å². The Morgan fingerprint density at radius 3 is 2.30 bits per heavy atom. The highest BCUT2D eigenvalue weighted by molar-refractivity contribution is 5.80. The van der Waals surface area contributed by atoms with E-state index in [2.05, 4.69) is 17.5 Å². The molecule has 0 heterocycles. The van der Waals surface area contributed by atoms with Crippen LogP contribution < -0.4 is 14.9 Å². The molecule has 0 radical (unpaired) electrons. The molecule has 0 atom stereocenters. The molecule has 0 saturated heterocycles. The molecule has 1 N–H and O–H groups in total. The monoisotopic (exact) mass is 312 g/mol. The number of rotatable bonds is 9. The molecule has 0 aliphatic carbocycles. The van der Waals surface area contributed by atoms with E-state index in [-0.39, 0.29) is 0 Å². The van der Waals surface area contributed by atoms with Crippen molar-refractivity contribution >= 4 is 11.9 Å². The third kappa shape index (κ3) is 6.02. The average molecular weight is 312 g/mol. The molecule has 0 unspecified atom stereocenters. The van der Waals surface area contributed by atoms with Crippen LogP contribution in [0.25, 0.3) is 0 Å². The lowest BCUT2D eigenvalue weighted by molar-refractivity contribution is 0.306. The summed E-state index contributed by atoms with van der Waals surface area (Å²) in [7, 11) is 1.65. The molecule has 0 fully saturated rings. The number of anilines is 1. The molecule has 0 aliphatic heterocycles. The van der Waals surface area contributed by atoms with Crippen molar-refractivity contribution in [2.75, 3.05) is 19.1 Å². The second-order valence-electron chi connectivity index (χ2n) is 5.22. The topological polar surface area (TPSA) is 42.8 Å². The van der Waals surface area contributed by atoms with Gasteiger partial charge in [-0.05, 0) is 60.5 Å². The van der Waals surface area contributed by atoms with Gasteiger partial charge < -0.3 is 9.47 Å². The fourth-order valence-electron chi connectivity index (χ4n) is 2.04. The van der Waals surface area contributed by atoms with Crippen LogP contribution in [0, 0.1) is 0 Å².